The lowest BCUT2D eigenvalue weighted by Crippen LogP contribution is -2.47. The van der Waals surface area contributed by atoms with Gasteiger partial charge in [0.05, 0.1) is 18.1 Å². The van der Waals surface area contributed by atoms with Crippen LogP contribution in [0.1, 0.15) is 12.8 Å². The van der Waals surface area contributed by atoms with Crippen LogP contribution in [0.3, 0.4) is 0 Å². The topological polar surface area (TPSA) is 66.3 Å². The van der Waals surface area contributed by atoms with Gasteiger partial charge in [-0.3, -0.25) is 4.90 Å². The molecule has 2 amide bonds. The maximum Gasteiger partial charge on any atom is 0.321 e. The minimum absolute atomic E-state index is 0.0218. The van der Waals surface area contributed by atoms with Crippen molar-refractivity contribution >= 4 is 11.7 Å². The van der Waals surface area contributed by atoms with E-state index in [1.165, 1.54) is 0 Å². The third kappa shape index (κ3) is 3.56. The number of nitrogens with zero attached hydrogens (tertiary/aromatic N) is 5. The number of nitrogens with one attached hydrogen (secondary N) is 1. The highest BCUT2D eigenvalue weighted by Crippen LogP contribution is 2.20. The van der Waals surface area contributed by atoms with Crippen molar-refractivity contribution in [3.05, 3.63) is 48.8 Å². The number of carbonyl (C=O) groups is 1. The molecule has 7 nitrogen and oxygen atoms in total. The molecule has 4 rings (SSSR count). The molecule has 0 unspecified atom stereocenters. The molecule has 3 heterocycles. The molecule has 7 heteroatoms. The number of rotatable bonds is 3. The molecular weight excluding hydrogens is 316 g/mol. The first kappa shape index (κ1) is 15.8. The van der Waals surface area contributed by atoms with Gasteiger partial charge >= 0.3 is 6.03 Å². The fourth-order valence-corrected chi connectivity index (χ4v) is 3.47. The number of piperidine rings is 1. The zero-order valence-electron chi connectivity index (χ0n) is 14.1. The van der Waals surface area contributed by atoms with Gasteiger partial charge in [-0.05, 0) is 37.1 Å². The molecule has 0 saturated carbocycles. The van der Waals surface area contributed by atoms with Crippen molar-refractivity contribution in [1.82, 2.24) is 24.8 Å². The maximum atomic E-state index is 12.5. The van der Waals surface area contributed by atoms with E-state index >= 15 is 0 Å². The van der Waals surface area contributed by atoms with Gasteiger partial charge in [-0.1, -0.05) is 17.4 Å². The lowest BCUT2D eigenvalue weighted by Gasteiger charge is -2.36. The Hall–Kier alpha value is -2.67. The Morgan fingerprint density at radius 2 is 1.80 bits per heavy atom. The third-order valence-corrected chi connectivity index (χ3v) is 4.92. The molecule has 25 heavy (non-hydrogen) atoms. The summed E-state index contributed by atoms with van der Waals surface area (Å²) in [5, 5.41) is 10.7. The normalized spacial score (nSPS) is 18.6. The van der Waals surface area contributed by atoms with Gasteiger partial charge in [0, 0.05) is 37.9 Å². The third-order valence-electron chi connectivity index (χ3n) is 4.92. The fourth-order valence-electron chi connectivity index (χ4n) is 3.47. The number of hydrogen-bond acceptors (Lipinski definition) is 4. The van der Waals surface area contributed by atoms with Crippen LogP contribution in [-0.4, -0.2) is 63.0 Å². The lowest BCUT2D eigenvalue weighted by atomic mass is 10.0. The zero-order chi connectivity index (χ0) is 17.1. The largest absolute Gasteiger partial charge is 0.324 e. The van der Waals surface area contributed by atoms with Crippen LogP contribution >= 0.6 is 0 Å². The molecule has 1 aromatic heterocycles. The van der Waals surface area contributed by atoms with Gasteiger partial charge in [0.25, 0.3) is 0 Å². The first-order valence-electron chi connectivity index (χ1n) is 8.71. The zero-order valence-corrected chi connectivity index (χ0v) is 14.1. The maximum absolute atomic E-state index is 12.5. The minimum atomic E-state index is -0.0218. The van der Waals surface area contributed by atoms with Crippen LogP contribution < -0.4 is 5.32 Å². The Labute approximate surface area is 146 Å². The van der Waals surface area contributed by atoms with Crippen LogP contribution in [0.25, 0.3) is 5.69 Å². The average molecular weight is 338 g/mol. The smallest absolute Gasteiger partial charge is 0.321 e. The minimum Gasteiger partial charge on any atom is -0.324 e. The number of carbonyl (C=O) groups excluding carboxylic acids is 1. The first-order chi connectivity index (χ1) is 12.3. The van der Waals surface area contributed by atoms with E-state index in [1.807, 2.05) is 29.2 Å². The SMILES string of the molecule is O=C(Nc1ccc(-n2ccnn2)cc1)N1CCC(N2CC=CC2)CC1. The molecule has 130 valence electrons. The summed E-state index contributed by atoms with van der Waals surface area (Å²) in [5.74, 6) is 0. The van der Waals surface area contributed by atoms with Crippen LogP contribution in [0.4, 0.5) is 10.5 Å². The summed E-state index contributed by atoms with van der Waals surface area (Å²) in [6, 6.07) is 8.18. The molecule has 1 saturated heterocycles. The predicted molar refractivity (Wildman–Crippen MR) is 95.7 cm³/mol. The highest BCUT2D eigenvalue weighted by atomic mass is 16.2. The molecule has 0 spiro atoms. The van der Waals surface area contributed by atoms with Gasteiger partial charge in [-0.15, -0.1) is 5.10 Å². The van der Waals surface area contributed by atoms with E-state index in [0.29, 0.717) is 6.04 Å². The van der Waals surface area contributed by atoms with Crippen LogP contribution in [-0.2, 0) is 0 Å². The van der Waals surface area contributed by atoms with Crippen molar-refractivity contribution in [3.63, 3.8) is 0 Å². The van der Waals surface area contributed by atoms with Gasteiger partial charge < -0.3 is 10.2 Å². The van der Waals surface area contributed by atoms with Gasteiger partial charge in [0.15, 0.2) is 0 Å². The molecule has 1 fully saturated rings. The molecule has 2 aromatic rings. The molecule has 0 aliphatic carbocycles. The average Bonchev–Trinajstić information content (AvgIpc) is 3.36. The highest BCUT2D eigenvalue weighted by molar-refractivity contribution is 5.89. The van der Waals surface area contributed by atoms with E-state index in [2.05, 4.69) is 32.7 Å². The van der Waals surface area contributed by atoms with Gasteiger partial charge in [-0.2, -0.15) is 0 Å². The summed E-state index contributed by atoms with van der Waals surface area (Å²) in [4.78, 5) is 16.9. The van der Waals surface area contributed by atoms with Crippen LogP contribution in [0, 0.1) is 0 Å². The van der Waals surface area contributed by atoms with E-state index in [9.17, 15) is 4.79 Å². The number of benzene rings is 1. The van der Waals surface area contributed by atoms with Crippen LogP contribution in [0.2, 0.25) is 0 Å². The van der Waals surface area contributed by atoms with Crippen molar-refractivity contribution < 1.29 is 4.79 Å². The molecule has 1 aromatic carbocycles. The summed E-state index contributed by atoms with van der Waals surface area (Å²) in [5.41, 5.74) is 1.70. The van der Waals surface area contributed by atoms with Crippen LogP contribution in [0.5, 0.6) is 0 Å². The van der Waals surface area contributed by atoms with E-state index < -0.39 is 0 Å². The fraction of sp³-hybridized carbons (Fsp3) is 0.389. The standard InChI is InChI=1S/C18H22N6O/c25-18(23-12-7-16(8-13-23)22-10-1-2-11-22)20-15-3-5-17(6-4-15)24-14-9-19-21-24/h1-6,9,14,16H,7-8,10-13H2,(H,20,25). The second kappa shape index (κ2) is 7.06. The number of likely N-dealkylation sites (tertiary alicyclic amines) is 1. The summed E-state index contributed by atoms with van der Waals surface area (Å²) in [6.07, 6.45) is 9.95. The van der Waals surface area contributed by atoms with Crippen molar-refractivity contribution in [1.29, 1.82) is 0 Å². The number of urea groups is 1. The Morgan fingerprint density at radius 3 is 2.44 bits per heavy atom. The van der Waals surface area contributed by atoms with Crippen molar-refractivity contribution in [2.24, 2.45) is 0 Å². The summed E-state index contributed by atoms with van der Waals surface area (Å²) >= 11 is 0. The van der Waals surface area contributed by atoms with E-state index in [1.54, 1.807) is 17.1 Å². The Bertz CT molecular complexity index is 723. The summed E-state index contributed by atoms with van der Waals surface area (Å²) < 4.78 is 1.68. The molecule has 0 radical (unpaired) electrons. The van der Waals surface area contributed by atoms with E-state index in [4.69, 9.17) is 0 Å². The van der Waals surface area contributed by atoms with Crippen molar-refractivity contribution in [2.75, 3.05) is 31.5 Å². The highest BCUT2D eigenvalue weighted by Gasteiger charge is 2.27. The first-order valence-corrected chi connectivity index (χ1v) is 8.71. The molecule has 0 atom stereocenters. The van der Waals surface area contributed by atoms with Crippen molar-refractivity contribution in [3.8, 4) is 5.69 Å². The van der Waals surface area contributed by atoms with Crippen molar-refractivity contribution in [2.45, 2.75) is 18.9 Å². The molecule has 1 N–H and O–H groups in total. The quantitative estimate of drug-likeness (QED) is 0.871. The molecule has 0 bridgehead atoms. The number of anilines is 1. The van der Waals surface area contributed by atoms with E-state index in [0.717, 1.165) is 50.4 Å². The number of hydrogen-bond donors (Lipinski definition) is 1. The molecule has 2 aliphatic rings. The molecular formula is C18H22N6O. The Morgan fingerprint density at radius 1 is 1.08 bits per heavy atom. The molecule has 2 aliphatic heterocycles. The summed E-state index contributed by atoms with van der Waals surface area (Å²) in [6.45, 7) is 3.72. The lowest BCUT2D eigenvalue weighted by molar-refractivity contribution is 0.144. The Kier molecular flexibility index (Phi) is 4.47. The number of aromatic nitrogens is 3. The van der Waals surface area contributed by atoms with Gasteiger partial charge in [-0.25, -0.2) is 9.48 Å². The monoisotopic (exact) mass is 338 g/mol. The summed E-state index contributed by atoms with van der Waals surface area (Å²) in [7, 11) is 0. The van der Waals surface area contributed by atoms with Crippen LogP contribution in [0.15, 0.2) is 48.8 Å². The predicted octanol–water partition coefficient (Wildman–Crippen LogP) is 2.14. The second-order valence-electron chi connectivity index (χ2n) is 6.47. The van der Waals surface area contributed by atoms with Gasteiger partial charge in [0.1, 0.15) is 0 Å². The van der Waals surface area contributed by atoms with Gasteiger partial charge in [0.2, 0.25) is 0 Å². The van der Waals surface area contributed by atoms with E-state index in [-0.39, 0.29) is 6.03 Å². The number of amides is 2. The second-order valence-corrected chi connectivity index (χ2v) is 6.47. The Balaban J connectivity index is 1.30.